The molecule has 2 amide bonds. The molecule has 9 nitrogen and oxygen atoms in total. The lowest BCUT2D eigenvalue weighted by molar-refractivity contribution is -0.249. The molecule has 3 aromatic rings. The van der Waals surface area contributed by atoms with Crippen molar-refractivity contribution in [2.45, 2.75) is 24.2 Å². The summed E-state index contributed by atoms with van der Waals surface area (Å²) in [5, 5.41) is 7.39. The second-order valence-corrected chi connectivity index (χ2v) is 9.89. The first-order valence-corrected chi connectivity index (χ1v) is 12.6. The fourth-order valence-corrected chi connectivity index (χ4v) is 5.22. The van der Waals surface area contributed by atoms with Crippen LogP contribution in [-0.4, -0.2) is 53.3 Å². The molecule has 3 unspecified atom stereocenters. The molecule has 0 saturated carbocycles. The fourth-order valence-electron chi connectivity index (χ4n) is 4.15. The van der Waals surface area contributed by atoms with Gasteiger partial charge in [-0.05, 0) is 30.7 Å². The zero-order chi connectivity index (χ0) is 26.9. The standard InChI is InChI=1S/C24H19ClF3N5O4S/c25-15-6-7-16(29-9-15)20(35)30-18-11-38-21(31-18)23-12-37-17(24(26,27)28)8-14(23)10-36-22(33-23)32-19(34)13-4-2-1-3-5-13/h1-7,9,11,14,17H,8,10,12H2,(H,30,35)(H,32,33,34). The molecular weight excluding hydrogens is 547 g/mol. The number of benzene rings is 1. The molecule has 0 radical (unpaired) electrons. The zero-order valence-electron chi connectivity index (χ0n) is 19.4. The number of aliphatic imine (C=N–C) groups is 1. The molecule has 2 aliphatic heterocycles. The van der Waals surface area contributed by atoms with Crippen LogP contribution in [0.3, 0.4) is 0 Å². The van der Waals surface area contributed by atoms with Crippen LogP contribution in [0.15, 0.2) is 59.0 Å². The molecule has 38 heavy (non-hydrogen) atoms. The maximum Gasteiger partial charge on any atom is 0.414 e. The van der Waals surface area contributed by atoms with Crippen molar-refractivity contribution < 1.29 is 32.2 Å². The third kappa shape index (κ3) is 5.35. The molecule has 5 rings (SSSR count). The van der Waals surface area contributed by atoms with Crippen molar-refractivity contribution in [2.24, 2.45) is 10.9 Å². The van der Waals surface area contributed by atoms with Gasteiger partial charge in [-0.1, -0.05) is 29.8 Å². The Kier molecular flexibility index (Phi) is 7.07. The normalized spacial score (nSPS) is 23.0. The van der Waals surface area contributed by atoms with E-state index in [4.69, 9.17) is 21.1 Å². The summed E-state index contributed by atoms with van der Waals surface area (Å²) < 4.78 is 51.2. The molecule has 4 heterocycles. The van der Waals surface area contributed by atoms with Crippen LogP contribution in [0, 0.1) is 5.92 Å². The lowest BCUT2D eigenvalue weighted by Gasteiger charge is -2.45. The largest absolute Gasteiger partial charge is 0.465 e. The number of nitrogens with one attached hydrogen (secondary N) is 2. The first-order chi connectivity index (χ1) is 18.1. The Hall–Kier alpha value is -3.55. The molecule has 0 aliphatic carbocycles. The Labute approximate surface area is 223 Å². The quantitative estimate of drug-likeness (QED) is 0.484. The van der Waals surface area contributed by atoms with Crippen molar-refractivity contribution >= 4 is 46.6 Å². The predicted molar refractivity (Wildman–Crippen MR) is 132 cm³/mol. The van der Waals surface area contributed by atoms with Crippen LogP contribution in [0.1, 0.15) is 32.3 Å². The summed E-state index contributed by atoms with van der Waals surface area (Å²) in [6, 6.07) is 11.1. The fraction of sp³-hybridized carbons (Fsp3) is 0.292. The van der Waals surface area contributed by atoms with E-state index in [2.05, 4.69) is 25.6 Å². The van der Waals surface area contributed by atoms with Crippen molar-refractivity contribution in [3.63, 3.8) is 0 Å². The Balaban J connectivity index is 1.43. The van der Waals surface area contributed by atoms with Gasteiger partial charge in [-0.15, -0.1) is 11.3 Å². The van der Waals surface area contributed by atoms with Crippen LogP contribution < -0.4 is 10.6 Å². The number of amides is 2. The number of nitrogens with zero attached hydrogens (tertiary/aromatic N) is 3. The second-order valence-electron chi connectivity index (χ2n) is 8.60. The number of ether oxygens (including phenoxy) is 2. The number of alkyl halides is 3. The van der Waals surface area contributed by atoms with Crippen LogP contribution in [0.5, 0.6) is 0 Å². The summed E-state index contributed by atoms with van der Waals surface area (Å²) in [6.07, 6.45) is -5.64. The van der Waals surface area contributed by atoms with Crippen LogP contribution in [-0.2, 0) is 15.0 Å². The van der Waals surface area contributed by atoms with E-state index >= 15 is 0 Å². The molecule has 2 N–H and O–H groups in total. The van der Waals surface area contributed by atoms with E-state index < -0.39 is 48.6 Å². The molecule has 2 aliphatic rings. The summed E-state index contributed by atoms with van der Waals surface area (Å²) in [5.41, 5.74) is -0.920. The topological polar surface area (TPSA) is 115 Å². The molecule has 198 valence electrons. The number of carbonyl (C=O) groups is 2. The van der Waals surface area contributed by atoms with Crippen LogP contribution in [0.25, 0.3) is 0 Å². The van der Waals surface area contributed by atoms with Gasteiger partial charge in [0, 0.05) is 23.1 Å². The predicted octanol–water partition coefficient (Wildman–Crippen LogP) is 4.42. The van der Waals surface area contributed by atoms with Gasteiger partial charge in [0.05, 0.1) is 18.2 Å². The van der Waals surface area contributed by atoms with Crippen molar-refractivity contribution in [1.82, 2.24) is 15.3 Å². The van der Waals surface area contributed by atoms with Crippen LogP contribution in [0.4, 0.5) is 19.0 Å². The maximum absolute atomic E-state index is 13.5. The van der Waals surface area contributed by atoms with E-state index in [9.17, 15) is 22.8 Å². The van der Waals surface area contributed by atoms with E-state index in [1.165, 1.54) is 23.7 Å². The molecule has 1 aromatic carbocycles. The summed E-state index contributed by atoms with van der Waals surface area (Å²) in [7, 11) is 0. The molecule has 2 aromatic heterocycles. The molecule has 1 saturated heterocycles. The highest BCUT2D eigenvalue weighted by Crippen LogP contribution is 2.47. The van der Waals surface area contributed by atoms with Gasteiger partial charge in [0.25, 0.3) is 17.8 Å². The van der Waals surface area contributed by atoms with E-state index in [-0.39, 0.29) is 24.1 Å². The van der Waals surface area contributed by atoms with Gasteiger partial charge < -0.3 is 14.8 Å². The molecule has 0 bridgehead atoms. The number of halogens is 4. The van der Waals surface area contributed by atoms with Gasteiger partial charge in [-0.3, -0.25) is 14.9 Å². The maximum atomic E-state index is 13.5. The number of fused-ring (bicyclic) bond motifs is 1. The summed E-state index contributed by atoms with van der Waals surface area (Å²) in [5.74, 6) is -1.64. The number of amidine groups is 1. The number of hydrogen-bond donors (Lipinski definition) is 2. The van der Waals surface area contributed by atoms with Gasteiger partial charge in [0.1, 0.15) is 22.1 Å². The number of aromatic nitrogens is 2. The van der Waals surface area contributed by atoms with E-state index in [1.54, 1.807) is 30.3 Å². The number of carbonyl (C=O) groups excluding carboxylic acids is 2. The minimum atomic E-state index is -4.56. The van der Waals surface area contributed by atoms with Gasteiger partial charge in [-0.2, -0.15) is 13.2 Å². The van der Waals surface area contributed by atoms with Crippen LogP contribution in [0.2, 0.25) is 5.02 Å². The van der Waals surface area contributed by atoms with E-state index in [0.717, 1.165) is 11.3 Å². The van der Waals surface area contributed by atoms with Crippen molar-refractivity contribution in [1.29, 1.82) is 0 Å². The van der Waals surface area contributed by atoms with Crippen LogP contribution >= 0.6 is 22.9 Å². The second kappa shape index (κ2) is 10.3. The average Bonchev–Trinajstić information content (AvgIpc) is 3.37. The number of rotatable bonds is 4. The number of hydrogen-bond acceptors (Lipinski definition) is 8. The monoisotopic (exact) mass is 565 g/mol. The minimum Gasteiger partial charge on any atom is -0.465 e. The number of pyridine rings is 1. The van der Waals surface area contributed by atoms with Crippen molar-refractivity contribution in [3.05, 3.63) is 75.3 Å². The van der Waals surface area contributed by atoms with E-state index in [0.29, 0.717) is 15.6 Å². The van der Waals surface area contributed by atoms with Gasteiger partial charge >= 0.3 is 6.18 Å². The Morgan fingerprint density at radius 3 is 2.61 bits per heavy atom. The highest BCUT2D eigenvalue weighted by Gasteiger charge is 2.56. The van der Waals surface area contributed by atoms with Gasteiger partial charge in [0.15, 0.2) is 6.10 Å². The number of anilines is 1. The van der Waals surface area contributed by atoms with Gasteiger partial charge in [0.2, 0.25) is 0 Å². The molecule has 14 heteroatoms. The number of thiazole rings is 1. The zero-order valence-corrected chi connectivity index (χ0v) is 20.9. The van der Waals surface area contributed by atoms with Gasteiger partial charge in [-0.25, -0.2) is 15.0 Å². The SMILES string of the molecule is O=C(NC1=NC2(c3nc(NC(=O)c4ccc(Cl)cn4)cs3)COC(C(F)(F)F)CC2CO1)c1ccccc1. The highest BCUT2D eigenvalue weighted by atomic mass is 35.5. The smallest absolute Gasteiger partial charge is 0.414 e. The first-order valence-electron chi connectivity index (χ1n) is 11.3. The Morgan fingerprint density at radius 1 is 1.11 bits per heavy atom. The van der Waals surface area contributed by atoms with Crippen molar-refractivity contribution in [3.8, 4) is 0 Å². The molecule has 0 spiro atoms. The Bertz CT molecular complexity index is 1370. The Morgan fingerprint density at radius 2 is 1.89 bits per heavy atom. The first kappa shape index (κ1) is 26.1. The highest BCUT2D eigenvalue weighted by molar-refractivity contribution is 7.10. The van der Waals surface area contributed by atoms with Crippen molar-refractivity contribution in [2.75, 3.05) is 18.5 Å². The average molecular weight is 566 g/mol. The molecular formula is C24H19ClF3N5O4S. The van der Waals surface area contributed by atoms with E-state index in [1.807, 2.05) is 0 Å². The summed E-state index contributed by atoms with van der Waals surface area (Å²) >= 11 is 6.90. The summed E-state index contributed by atoms with van der Waals surface area (Å²) in [4.78, 5) is 38.1. The summed E-state index contributed by atoms with van der Waals surface area (Å²) in [6.45, 7) is -0.602. The molecule has 3 atom stereocenters. The third-order valence-electron chi connectivity index (χ3n) is 6.10. The molecule has 1 fully saturated rings. The minimum absolute atomic E-state index is 0.101. The third-order valence-corrected chi connectivity index (χ3v) is 7.33. The lowest BCUT2D eigenvalue weighted by Crippen LogP contribution is -2.55. The lowest BCUT2D eigenvalue weighted by atomic mass is 9.79.